The maximum atomic E-state index is 13.6. The number of nitrogens with two attached hydrogens (primary N) is 1. The monoisotopic (exact) mass is 245 g/mol. The van der Waals surface area contributed by atoms with Gasteiger partial charge < -0.3 is 10.8 Å². The molecule has 1 saturated heterocycles. The van der Waals surface area contributed by atoms with Crippen molar-refractivity contribution < 1.29 is 9.50 Å². The summed E-state index contributed by atoms with van der Waals surface area (Å²) < 4.78 is 14.9. The van der Waals surface area contributed by atoms with Crippen LogP contribution in [0.1, 0.15) is 11.8 Å². The van der Waals surface area contributed by atoms with Crippen molar-refractivity contribution in [2.24, 2.45) is 0 Å². The summed E-state index contributed by atoms with van der Waals surface area (Å²) in [6.07, 6.45) is 0.544. The SMILES string of the molecule is Nc1ccn([C@@H]2S[C@H](CO)C[C@H]2F)c(=O)n1. The first kappa shape index (κ1) is 11.4. The van der Waals surface area contributed by atoms with E-state index < -0.39 is 17.2 Å². The lowest BCUT2D eigenvalue weighted by molar-refractivity contribution is 0.248. The largest absolute Gasteiger partial charge is 0.395 e. The van der Waals surface area contributed by atoms with Crippen LogP contribution in [0.4, 0.5) is 10.2 Å². The van der Waals surface area contributed by atoms with Crippen LogP contribution in [0.5, 0.6) is 0 Å². The summed E-state index contributed by atoms with van der Waals surface area (Å²) in [4.78, 5) is 15.0. The molecule has 1 fully saturated rings. The van der Waals surface area contributed by atoms with Gasteiger partial charge in [0, 0.05) is 11.4 Å². The molecule has 1 aliphatic rings. The van der Waals surface area contributed by atoms with Crippen molar-refractivity contribution in [1.82, 2.24) is 9.55 Å². The fraction of sp³-hybridized carbons (Fsp3) is 0.556. The van der Waals surface area contributed by atoms with Crippen LogP contribution >= 0.6 is 11.8 Å². The fourth-order valence-corrected chi connectivity index (χ4v) is 3.03. The van der Waals surface area contributed by atoms with Gasteiger partial charge in [0.15, 0.2) is 0 Å². The van der Waals surface area contributed by atoms with Gasteiger partial charge >= 0.3 is 5.69 Å². The quantitative estimate of drug-likeness (QED) is 0.775. The lowest BCUT2D eigenvalue weighted by Crippen LogP contribution is -2.28. The van der Waals surface area contributed by atoms with Crippen molar-refractivity contribution in [3.05, 3.63) is 22.7 Å². The van der Waals surface area contributed by atoms with E-state index in [1.807, 2.05) is 0 Å². The van der Waals surface area contributed by atoms with Crippen LogP contribution < -0.4 is 11.4 Å². The van der Waals surface area contributed by atoms with Crippen molar-refractivity contribution in [3.8, 4) is 0 Å². The molecule has 0 aliphatic carbocycles. The van der Waals surface area contributed by atoms with Crippen LogP contribution in [0.2, 0.25) is 0 Å². The molecule has 1 aromatic rings. The molecule has 1 aliphatic heterocycles. The lowest BCUT2D eigenvalue weighted by atomic mass is 10.2. The highest BCUT2D eigenvalue weighted by Gasteiger charge is 2.36. The van der Waals surface area contributed by atoms with Crippen molar-refractivity contribution in [2.75, 3.05) is 12.3 Å². The molecule has 3 N–H and O–H groups in total. The predicted octanol–water partition coefficient (Wildman–Crippen LogP) is 0.160. The minimum atomic E-state index is -1.15. The molecular weight excluding hydrogens is 233 g/mol. The first-order valence-corrected chi connectivity index (χ1v) is 5.81. The Morgan fingerprint density at radius 2 is 2.50 bits per heavy atom. The number of hydrogen-bond donors (Lipinski definition) is 2. The van der Waals surface area contributed by atoms with Gasteiger partial charge in [0.2, 0.25) is 0 Å². The molecule has 2 rings (SSSR count). The van der Waals surface area contributed by atoms with E-state index in [2.05, 4.69) is 4.98 Å². The van der Waals surface area contributed by atoms with E-state index >= 15 is 0 Å². The van der Waals surface area contributed by atoms with Crippen molar-refractivity contribution >= 4 is 17.6 Å². The third-order valence-electron chi connectivity index (χ3n) is 2.46. The van der Waals surface area contributed by atoms with Gasteiger partial charge in [-0.2, -0.15) is 4.98 Å². The van der Waals surface area contributed by atoms with Gasteiger partial charge in [-0.25, -0.2) is 9.18 Å². The van der Waals surface area contributed by atoms with Crippen molar-refractivity contribution in [3.63, 3.8) is 0 Å². The van der Waals surface area contributed by atoms with Crippen LogP contribution in [-0.2, 0) is 0 Å². The number of nitrogen functional groups attached to an aromatic ring is 1. The third-order valence-corrected chi connectivity index (χ3v) is 3.99. The Labute approximate surface area is 95.5 Å². The predicted molar refractivity (Wildman–Crippen MR) is 59.9 cm³/mol. The maximum Gasteiger partial charge on any atom is 0.350 e. The fourth-order valence-electron chi connectivity index (χ4n) is 1.68. The zero-order valence-corrected chi connectivity index (χ0v) is 9.23. The van der Waals surface area contributed by atoms with Crippen molar-refractivity contribution in [1.29, 1.82) is 0 Å². The number of rotatable bonds is 2. The summed E-state index contributed by atoms with van der Waals surface area (Å²) in [5.74, 6) is 0.123. The Kier molecular flexibility index (Phi) is 3.15. The highest BCUT2D eigenvalue weighted by molar-refractivity contribution is 8.00. The Morgan fingerprint density at radius 1 is 1.75 bits per heavy atom. The van der Waals surface area contributed by atoms with Gasteiger partial charge in [-0.1, -0.05) is 0 Å². The summed E-state index contributed by atoms with van der Waals surface area (Å²) >= 11 is 1.25. The smallest absolute Gasteiger partial charge is 0.350 e. The van der Waals surface area contributed by atoms with Gasteiger partial charge in [-0.05, 0) is 12.5 Å². The van der Waals surface area contributed by atoms with Crippen LogP contribution in [-0.4, -0.2) is 32.7 Å². The third kappa shape index (κ3) is 2.05. The number of aliphatic hydroxyl groups is 1. The average molecular weight is 245 g/mol. The van der Waals surface area contributed by atoms with E-state index in [4.69, 9.17) is 10.8 Å². The second-order valence-corrected chi connectivity index (χ2v) is 5.05. The second kappa shape index (κ2) is 4.42. The Morgan fingerprint density at radius 3 is 3.06 bits per heavy atom. The Hall–Kier alpha value is -1.08. The van der Waals surface area contributed by atoms with E-state index in [-0.39, 0.29) is 24.1 Å². The van der Waals surface area contributed by atoms with Gasteiger partial charge in [0.25, 0.3) is 0 Å². The zero-order chi connectivity index (χ0) is 11.7. The second-order valence-electron chi connectivity index (χ2n) is 3.63. The minimum Gasteiger partial charge on any atom is -0.395 e. The molecule has 2 heterocycles. The molecule has 0 saturated carbocycles. The summed E-state index contributed by atoms with van der Waals surface area (Å²) in [6, 6.07) is 1.46. The summed E-state index contributed by atoms with van der Waals surface area (Å²) in [7, 11) is 0. The maximum absolute atomic E-state index is 13.6. The highest BCUT2D eigenvalue weighted by atomic mass is 32.2. The van der Waals surface area contributed by atoms with E-state index in [0.29, 0.717) is 0 Å². The lowest BCUT2D eigenvalue weighted by Gasteiger charge is -2.14. The highest BCUT2D eigenvalue weighted by Crippen LogP contribution is 2.42. The number of halogens is 1. The molecule has 0 spiro atoms. The number of nitrogens with zero attached hydrogens (tertiary/aromatic N) is 2. The van der Waals surface area contributed by atoms with Crippen LogP contribution in [0, 0.1) is 0 Å². The summed E-state index contributed by atoms with van der Waals surface area (Å²) in [6.45, 7) is -0.0846. The topological polar surface area (TPSA) is 81.1 Å². The van der Waals surface area contributed by atoms with Crippen molar-refractivity contribution in [2.45, 2.75) is 23.2 Å². The number of hydrogen-bond acceptors (Lipinski definition) is 5. The zero-order valence-electron chi connectivity index (χ0n) is 8.41. The van der Waals surface area contributed by atoms with Gasteiger partial charge in [-0.3, -0.25) is 4.57 Å². The molecule has 7 heteroatoms. The summed E-state index contributed by atoms with van der Waals surface area (Å²) in [5.41, 5.74) is 4.79. The molecule has 0 aromatic carbocycles. The summed E-state index contributed by atoms with van der Waals surface area (Å²) in [5, 5.41) is 8.18. The number of aromatic nitrogens is 2. The molecule has 5 nitrogen and oxygen atoms in total. The van der Waals surface area contributed by atoms with E-state index in [0.717, 1.165) is 0 Å². The molecule has 0 unspecified atom stereocenters. The molecular formula is C9H12FN3O2S. The molecule has 0 radical (unpaired) electrons. The van der Waals surface area contributed by atoms with Crippen LogP contribution in [0.25, 0.3) is 0 Å². The minimum absolute atomic E-state index is 0.0846. The normalized spacial score (nSPS) is 29.5. The molecule has 0 amide bonds. The number of alkyl halides is 1. The van der Waals surface area contributed by atoms with E-state index in [1.165, 1.54) is 28.6 Å². The van der Waals surface area contributed by atoms with Crippen LogP contribution in [0.3, 0.4) is 0 Å². The Bertz CT molecular complexity index is 439. The molecule has 3 atom stereocenters. The van der Waals surface area contributed by atoms with Gasteiger partial charge in [0.05, 0.1) is 6.61 Å². The number of aliphatic hydroxyl groups excluding tert-OH is 1. The van der Waals surface area contributed by atoms with E-state index in [9.17, 15) is 9.18 Å². The molecule has 16 heavy (non-hydrogen) atoms. The standard InChI is InChI=1S/C9H12FN3O2S/c10-6-3-5(4-14)16-8(6)13-2-1-7(11)12-9(13)15/h1-2,5-6,8,14H,3-4H2,(H2,11,12,15)/t5-,6+,8+/m0/s1. The first-order chi connectivity index (χ1) is 7.61. The average Bonchev–Trinajstić information content (AvgIpc) is 2.60. The van der Waals surface area contributed by atoms with E-state index in [1.54, 1.807) is 0 Å². The number of thioether (sulfide) groups is 1. The van der Waals surface area contributed by atoms with Crippen LogP contribution in [0.15, 0.2) is 17.1 Å². The molecule has 1 aromatic heterocycles. The molecule has 88 valence electrons. The van der Waals surface area contributed by atoms with Gasteiger partial charge in [0.1, 0.15) is 17.4 Å². The first-order valence-electron chi connectivity index (χ1n) is 4.87. The van der Waals surface area contributed by atoms with Gasteiger partial charge in [-0.15, -0.1) is 11.8 Å². The molecule has 0 bridgehead atoms. The number of anilines is 1. The Balaban J connectivity index is 2.28.